The predicted molar refractivity (Wildman–Crippen MR) is 105 cm³/mol. The van der Waals surface area contributed by atoms with E-state index in [4.69, 9.17) is 0 Å². The summed E-state index contributed by atoms with van der Waals surface area (Å²) < 4.78 is 0. The van der Waals surface area contributed by atoms with Crippen LogP contribution in [0, 0.1) is 26.2 Å². The lowest BCUT2D eigenvalue weighted by Crippen LogP contribution is -2.28. The minimum atomic E-state index is -0.510. The van der Waals surface area contributed by atoms with Crippen molar-refractivity contribution in [2.45, 2.75) is 48.1 Å². The number of amides is 2. The molecule has 7 heteroatoms. The van der Waals surface area contributed by atoms with Crippen molar-refractivity contribution in [1.29, 1.82) is 0 Å². The molecule has 0 fully saturated rings. The van der Waals surface area contributed by atoms with Gasteiger partial charge in [0.05, 0.1) is 9.88 Å². The van der Waals surface area contributed by atoms with Gasteiger partial charge in [-0.2, -0.15) is 0 Å². The van der Waals surface area contributed by atoms with Gasteiger partial charge in [0.1, 0.15) is 0 Å². The molecule has 0 bridgehead atoms. The van der Waals surface area contributed by atoms with Gasteiger partial charge in [-0.3, -0.25) is 14.4 Å². The Hall–Kier alpha value is -2.41. The second-order valence-corrected chi connectivity index (χ2v) is 8.50. The number of carbonyl (C=O) groups excluding carboxylic acids is 2. The van der Waals surface area contributed by atoms with Crippen LogP contribution in [0.25, 0.3) is 0 Å². The fraction of sp³-hybridized carbons (Fsp3) is 0.421. The third-order valence-corrected chi connectivity index (χ3v) is 5.11. The maximum atomic E-state index is 12.5. The Morgan fingerprint density at radius 2 is 1.77 bits per heavy atom. The zero-order valence-electron chi connectivity index (χ0n) is 16.0. The van der Waals surface area contributed by atoms with E-state index in [0.29, 0.717) is 15.4 Å². The highest BCUT2D eigenvalue weighted by atomic mass is 32.1. The number of rotatable bonds is 4. The molecule has 2 rings (SSSR count). The molecule has 0 radical (unpaired) electrons. The monoisotopic (exact) mass is 375 g/mol. The lowest BCUT2D eigenvalue weighted by molar-refractivity contribution is -0.123. The van der Waals surface area contributed by atoms with E-state index in [1.54, 1.807) is 6.07 Å². The van der Waals surface area contributed by atoms with Crippen LogP contribution in [0.1, 0.15) is 52.8 Å². The van der Waals surface area contributed by atoms with Gasteiger partial charge in [-0.1, -0.05) is 20.8 Å². The zero-order chi connectivity index (χ0) is 19.6. The van der Waals surface area contributed by atoms with Crippen molar-refractivity contribution >= 4 is 28.2 Å². The summed E-state index contributed by atoms with van der Waals surface area (Å²) in [5.74, 6) is -0.365. The minimum Gasteiger partial charge on any atom is -0.347 e. The molecule has 2 amide bonds. The SMILES string of the molecule is Cc1cc(C)c(CNC(=O)c2sc(NC(=O)C(C)(C)C)cc2C)c(=O)[nH]1. The van der Waals surface area contributed by atoms with E-state index in [-0.39, 0.29) is 23.9 Å². The Labute approximate surface area is 157 Å². The number of thiophene rings is 1. The number of anilines is 1. The number of H-pyrrole nitrogens is 1. The van der Waals surface area contributed by atoms with Crippen LogP contribution in [0.4, 0.5) is 5.00 Å². The number of nitrogens with one attached hydrogen (secondary N) is 3. The quantitative estimate of drug-likeness (QED) is 0.766. The molecule has 2 aromatic rings. The molecule has 26 heavy (non-hydrogen) atoms. The lowest BCUT2D eigenvalue weighted by atomic mass is 9.96. The molecule has 0 unspecified atom stereocenters. The fourth-order valence-electron chi connectivity index (χ4n) is 2.42. The molecule has 0 atom stereocenters. The number of hydrogen-bond donors (Lipinski definition) is 3. The van der Waals surface area contributed by atoms with Crippen molar-refractivity contribution in [3.63, 3.8) is 0 Å². The largest absolute Gasteiger partial charge is 0.347 e. The van der Waals surface area contributed by atoms with Gasteiger partial charge < -0.3 is 15.6 Å². The number of pyridine rings is 1. The van der Waals surface area contributed by atoms with Gasteiger partial charge in [0.15, 0.2) is 0 Å². The molecular weight excluding hydrogens is 350 g/mol. The molecule has 140 valence electrons. The van der Waals surface area contributed by atoms with Crippen molar-refractivity contribution < 1.29 is 9.59 Å². The summed E-state index contributed by atoms with van der Waals surface area (Å²) in [4.78, 5) is 39.9. The smallest absolute Gasteiger partial charge is 0.261 e. The van der Waals surface area contributed by atoms with Crippen molar-refractivity contribution in [3.8, 4) is 0 Å². The topological polar surface area (TPSA) is 91.1 Å². The number of carbonyl (C=O) groups is 2. The Bertz CT molecular complexity index is 904. The first kappa shape index (κ1) is 19.9. The maximum Gasteiger partial charge on any atom is 0.261 e. The molecule has 6 nitrogen and oxygen atoms in total. The highest BCUT2D eigenvalue weighted by Crippen LogP contribution is 2.28. The van der Waals surface area contributed by atoms with Gasteiger partial charge in [0.25, 0.3) is 11.5 Å². The number of aromatic nitrogens is 1. The van der Waals surface area contributed by atoms with Crippen LogP contribution in [-0.2, 0) is 11.3 Å². The van der Waals surface area contributed by atoms with Crippen molar-refractivity contribution in [2.24, 2.45) is 5.41 Å². The average Bonchev–Trinajstić information content (AvgIpc) is 2.85. The lowest BCUT2D eigenvalue weighted by Gasteiger charge is -2.16. The van der Waals surface area contributed by atoms with Crippen LogP contribution < -0.4 is 16.2 Å². The summed E-state index contributed by atoms with van der Waals surface area (Å²) in [7, 11) is 0. The number of aryl methyl sites for hydroxylation is 3. The van der Waals surface area contributed by atoms with Crippen LogP contribution in [0.2, 0.25) is 0 Å². The van der Waals surface area contributed by atoms with Crippen molar-refractivity contribution in [3.05, 3.63) is 49.7 Å². The normalized spacial score (nSPS) is 11.3. The van der Waals surface area contributed by atoms with Gasteiger partial charge in [0, 0.05) is 23.2 Å². The third-order valence-electron chi connectivity index (χ3n) is 3.96. The van der Waals surface area contributed by atoms with E-state index < -0.39 is 5.41 Å². The van der Waals surface area contributed by atoms with Crippen molar-refractivity contribution in [1.82, 2.24) is 10.3 Å². The molecule has 0 saturated carbocycles. The fourth-order valence-corrected chi connectivity index (χ4v) is 3.40. The van der Waals surface area contributed by atoms with Crippen LogP contribution in [0.3, 0.4) is 0 Å². The molecule has 0 spiro atoms. The van der Waals surface area contributed by atoms with Crippen LogP contribution >= 0.6 is 11.3 Å². The molecule has 3 N–H and O–H groups in total. The first-order valence-electron chi connectivity index (χ1n) is 8.38. The van der Waals surface area contributed by atoms with E-state index in [1.165, 1.54) is 11.3 Å². The Morgan fingerprint density at radius 3 is 2.35 bits per heavy atom. The van der Waals surface area contributed by atoms with Crippen LogP contribution in [0.15, 0.2) is 16.9 Å². The second-order valence-electron chi connectivity index (χ2n) is 7.45. The van der Waals surface area contributed by atoms with Crippen LogP contribution in [0.5, 0.6) is 0 Å². The molecule has 0 aliphatic carbocycles. The highest BCUT2D eigenvalue weighted by Gasteiger charge is 2.23. The first-order valence-corrected chi connectivity index (χ1v) is 9.20. The number of hydrogen-bond acceptors (Lipinski definition) is 4. The molecule has 0 saturated heterocycles. The van der Waals surface area contributed by atoms with Crippen molar-refractivity contribution in [2.75, 3.05) is 5.32 Å². The first-order chi connectivity index (χ1) is 12.0. The van der Waals surface area contributed by atoms with E-state index >= 15 is 0 Å². The van der Waals surface area contributed by atoms with Gasteiger partial charge in [-0.25, -0.2) is 0 Å². The maximum absolute atomic E-state index is 12.5. The molecule has 2 heterocycles. The zero-order valence-corrected chi connectivity index (χ0v) is 16.8. The second kappa shape index (κ2) is 7.45. The molecular formula is C19H25N3O3S. The van der Waals surface area contributed by atoms with E-state index in [2.05, 4.69) is 15.6 Å². The van der Waals surface area contributed by atoms with Crippen LogP contribution in [-0.4, -0.2) is 16.8 Å². The minimum absolute atomic E-state index is 0.104. The third kappa shape index (κ3) is 4.60. The summed E-state index contributed by atoms with van der Waals surface area (Å²) in [5, 5.41) is 6.27. The molecule has 2 aromatic heterocycles. The summed E-state index contributed by atoms with van der Waals surface area (Å²) in [6, 6.07) is 3.66. The summed E-state index contributed by atoms with van der Waals surface area (Å²) in [6.07, 6.45) is 0. The molecule has 0 aliphatic heterocycles. The van der Waals surface area contributed by atoms with E-state index in [9.17, 15) is 14.4 Å². The Kier molecular flexibility index (Phi) is 5.71. The van der Waals surface area contributed by atoms with Gasteiger partial charge in [-0.15, -0.1) is 11.3 Å². The molecule has 0 aromatic carbocycles. The standard InChI is InChI=1S/C19H25N3O3S/c1-10-7-12(3)21-16(23)13(10)9-20-17(24)15-11(2)8-14(26-15)22-18(25)19(4,5)6/h7-8H,9H2,1-6H3,(H,20,24)(H,21,23)(H,22,25). The summed E-state index contributed by atoms with van der Waals surface area (Å²) in [5.41, 5.74) is 2.25. The van der Waals surface area contributed by atoms with E-state index in [1.807, 2.05) is 47.6 Å². The van der Waals surface area contributed by atoms with Gasteiger partial charge >= 0.3 is 0 Å². The van der Waals surface area contributed by atoms with E-state index in [0.717, 1.165) is 16.8 Å². The van der Waals surface area contributed by atoms with Gasteiger partial charge in [0.2, 0.25) is 5.91 Å². The Morgan fingerprint density at radius 1 is 1.12 bits per heavy atom. The molecule has 0 aliphatic rings. The number of aromatic amines is 1. The summed E-state index contributed by atoms with van der Waals surface area (Å²) >= 11 is 1.23. The predicted octanol–water partition coefficient (Wildman–Crippen LogP) is 3.28. The average molecular weight is 375 g/mol. The van der Waals surface area contributed by atoms with Gasteiger partial charge in [-0.05, 0) is 44.0 Å². The summed E-state index contributed by atoms with van der Waals surface area (Å²) in [6.45, 7) is 11.1. The Balaban J connectivity index is 2.11. The highest BCUT2D eigenvalue weighted by molar-refractivity contribution is 7.18.